The number of benzene rings is 3. The summed E-state index contributed by atoms with van der Waals surface area (Å²) in [5.74, 6) is -0.143. The van der Waals surface area contributed by atoms with Gasteiger partial charge >= 0.3 is 0 Å². The molecule has 0 atom stereocenters. The Balaban J connectivity index is 1.36. The lowest BCUT2D eigenvalue weighted by atomic mass is 10.1. The van der Waals surface area contributed by atoms with Crippen LogP contribution in [0.2, 0.25) is 0 Å². The molecule has 0 fully saturated rings. The van der Waals surface area contributed by atoms with Gasteiger partial charge in [-0.15, -0.1) is 0 Å². The van der Waals surface area contributed by atoms with Crippen molar-refractivity contribution in [1.82, 2.24) is 14.8 Å². The molecule has 0 aliphatic carbocycles. The number of aromatic nitrogens is 3. The van der Waals surface area contributed by atoms with Crippen molar-refractivity contribution in [3.8, 4) is 0 Å². The van der Waals surface area contributed by atoms with E-state index < -0.39 is 0 Å². The van der Waals surface area contributed by atoms with E-state index in [9.17, 15) is 4.79 Å². The number of amides is 1. The molecule has 6 nitrogen and oxygen atoms in total. The zero-order valence-electron chi connectivity index (χ0n) is 15.1. The highest BCUT2D eigenvalue weighted by molar-refractivity contribution is 6.04. The van der Waals surface area contributed by atoms with Crippen LogP contribution in [0.25, 0.3) is 0 Å². The highest BCUT2D eigenvalue weighted by atomic mass is 16.1. The number of carbonyl (C=O) groups excluding carboxylic acids is 1. The Morgan fingerprint density at radius 2 is 1.50 bits per heavy atom. The molecular formula is C22H19N5O. The first-order chi connectivity index (χ1) is 13.8. The minimum Gasteiger partial charge on any atom is -0.356 e. The van der Waals surface area contributed by atoms with Gasteiger partial charge in [-0.05, 0) is 54.1 Å². The number of carbonyl (C=O) groups is 1. The summed E-state index contributed by atoms with van der Waals surface area (Å²) >= 11 is 0. The van der Waals surface area contributed by atoms with Crippen LogP contribution in [-0.4, -0.2) is 20.7 Å². The molecule has 0 aliphatic heterocycles. The van der Waals surface area contributed by atoms with Gasteiger partial charge in [-0.1, -0.05) is 30.3 Å². The van der Waals surface area contributed by atoms with E-state index in [4.69, 9.17) is 0 Å². The summed E-state index contributed by atoms with van der Waals surface area (Å²) in [7, 11) is 0. The molecule has 28 heavy (non-hydrogen) atoms. The molecule has 2 N–H and O–H groups in total. The molecular weight excluding hydrogens is 350 g/mol. The normalized spacial score (nSPS) is 10.4. The van der Waals surface area contributed by atoms with Gasteiger partial charge in [0.25, 0.3) is 5.91 Å². The van der Waals surface area contributed by atoms with E-state index in [0.717, 1.165) is 22.6 Å². The van der Waals surface area contributed by atoms with Crippen molar-refractivity contribution in [3.63, 3.8) is 0 Å². The third kappa shape index (κ3) is 4.42. The number of para-hydroxylation sites is 1. The first-order valence-electron chi connectivity index (χ1n) is 8.91. The second-order valence-corrected chi connectivity index (χ2v) is 6.31. The number of hydrogen-bond donors (Lipinski definition) is 2. The van der Waals surface area contributed by atoms with Crippen molar-refractivity contribution in [3.05, 3.63) is 103 Å². The fourth-order valence-electron chi connectivity index (χ4n) is 2.79. The van der Waals surface area contributed by atoms with E-state index in [1.165, 1.54) is 6.33 Å². The summed E-state index contributed by atoms with van der Waals surface area (Å²) in [6.07, 6.45) is 3.17. The highest BCUT2D eigenvalue weighted by Crippen LogP contribution is 2.19. The number of nitrogens with one attached hydrogen (secondary N) is 2. The summed E-state index contributed by atoms with van der Waals surface area (Å²) in [6, 6.07) is 25.0. The minimum atomic E-state index is -0.143. The van der Waals surface area contributed by atoms with Gasteiger partial charge in [0.1, 0.15) is 12.7 Å². The quantitative estimate of drug-likeness (QED) is 0.531. The van der Waals surface area contributed by atoms with E-state index in [1.54, 1.807) is 11.0 Å². The van der Waals surface area contributed by atoms with E-state index in [2.05, 4.69) is 20.7 Å². The van der Waals surface area contributed by atoms with Crippen LogP contribution in [0.3, 0.4) is 0 Å². The van der Waals surface area contributed by atoms with Gasteiger partial charge in [0, 0.05) is 22.6 Å². The summed E-state index contributed by atoms with van der Waals surface area (Å²) < 4.78 is 1.74. The molecule has 1 amide bonds. The minimum absolute atomic E-state index is 0.143. The molecule has 1 heterocycles. The molecule has 6 heteroatoms. The fourth-order valence-corrected chi connectivity index (χ4v) is 2.79. The maximum atomic E-state index is 12.5. The molecule has 0 radical (unpaired) electrons. The first-order valence-corrected chi connectivity index (χ1v) is 8.91. The van der Waals surface area contributed by atoms with Gasteiger partial charge in [0.2, 0.25) is 0 Å². The van der Waals surface area contributed by atoms with Gasteiger partial charge in [-0.3, -0.25) is 4.79 Å². The number of hydrogen-bond acceptors (Lipinski definition) is 4. The molecule has 0 aliphatic rings. The Morgan fingerprint density at radius 1 is 0.821 bits per heavy atom. The van der Waals surface area contributed by atoms with Crippen LogP contribution in [0.15, 0.2) is 91.5 Å². The average molecular weight is 369 g/mol. The van der Waals surface area contributed by atoms with Crippen molar-refractivity contribution in [2.75, 3.05) is 10.6 Å². The first kappa shape index (κ1) is 17.5. The van der Waals surface area contributed by atoms with E-state index in [0.29, 0.717) is 12.1 Å². The fraction of sp³-hybridized carbons (Fsp3) is 0.0455. The van der Waals surface area contributed by atoms with Crippen molar-refractivity contribution >= 4 is 23.0 Å². The zero-order valence-corrected chi connectivity index (χ0v) is 15.1. The third-order valence-corrected chi connectivity index (χ3v) is 4.23. The van der Waals surface area contributed by atoms with Gasteiger partial charge in [0.05, 0.1) is 6.54 Å². The lowest BCUT2D eigenvalue weighted by Crippen LogP contribution is -2.12. The second-order valence-electron chi connectivity index (χ2n) is 6.31. The Hall–Kier alpha value is -3.93. The van der Waals surface area contributed by atoms with Crippen LogP contribution in [0.4, 0.5) is 17.1 Å². The molecule has 0 spiro atoms. The van der Waals surface area contributed by atoms with Gasteiger partial charge < -0.3 is 10.6 Å². The summed E-state index contributed by atoms with van der Waals surface area (Å²) in [4.78, 5) is 16.4. The lowest BCUT2D eigenvalue weighted by Gasteiger charge is -2.09. The number of nitrogens with zero attached hydrogens (tertiary/aromatic N) is 3. The molecule has 4 aromatic rings. The Morgan fingerprint density at radius 3 is 2.18 bits per heavy atom. The predicted octanol–water partition coefficient (Wildman–Crippen LogP) is 4.32. The molecule has 138 valence electrons. The van der Waals surface area contributed by atoms with Crippen LogP contribution in [-0.2, 0) is 6.54 Å². The Bertz CT molecular complexity index is 1030. The van der Waals surface area contributed by atoms with Gasteiger partial charge in [0.15, 0.2) is 0 Å². The van der Waals surface area contributed by atoms with Crippen molar-refractivity contribution in [1.29, 1.82) is 0 Å². The predicted molar refractivity (Wildman–Crippen MR) is 110 cm³/mol. The molecule has 0 unspecified atom stereocenters. The smallest absolute Gasteiger partial charge is 0.255 e. The van der Waals surface area contributed by atoms with E-state index >= 15 is 0 Å². The Labute approximate surface area is 162 Å². The average Bonchev–Trinajstić information content (AvgIpc) is 3.24. The number of anilines is 3. The van der Waals surface area contributed by atoms with Crippen LogP contribution in [0, 0.1) is 0 Å². The zero-order chi connectivity index (χ0) is 19.2. The standard InChI is InChI=1S/C22H19N5O/c28-22(18-8-6-17(7-9-18)14-27-16-23-15-24-27)26-21-12-10-20(11-13-21)25-19-4-2-1-3-5-19/h1-13,15-16,25H,14H2,(H,26,28). The van der Waals surface area contributed by atoms with Crippen LogP contribution >= 0.6 is 0 Å². The van der Waals surface area contributed by atoms with Gasteiger partial charge in [-0.2, -0.15) is 5.10 Å². The summed E-state index contributed by atoms with van der Waals surface area (Å²) in [5, 5.41) is 10.3. The molecule has 0 saturated carbocycles. The maximum Gasteiger partial charge on any atom is 0.255 e. The molecule has 0 saturated heterocycles. The molecule has 0 bridgehead atoms. The summed E-state index contributed by atoms with van der Waals surface area (Å²) in [6.45, 7) is 0.623. The monoisotopic (exact) mass is 369 g/mol. The number of rotatable bonds is 6. The Kier molecular flexibility index (Phi) is 5.11. The molecule has 4 rings (SSSR count). The van der Waals surface area contributed by atoms with Crippen LogP contribution < -0.4 is 10.6 Å². The SMILES string of the molecule is O=C(Nc1ccc(Nc2ccccc2)cc1)c1ccc(Cn2cncn2)cc1. The topological polar surface area (TPSA) is 71.8 Å². The second kappa shape index (κ2) is 8.18. The molecule has 3 aromatic carbocycles. The van der Waals surface area contributed by atoms with Crippen molar-refractivity contribution < 1.29 is 4.79 Å². The summed E-state index contributed by atoms with van der Waals surface area (Å²) in [5.41, 5.74) is 4.38. The largest absolute Gasteiger partial charge is 0.356 e. The molecule has 1 aromatic heterocycles. The highest BCUT2D eigenvalue weighted by Gasteiger charge is 2.06. The van der Waals surface area contributed by atoms with E-state index in [-0.39, 0.29) is 5.91 Å². The third-order valence-electron chi connectivity index (χ3n) is 4.23. The van der Waals surface area contributed by atoms with Crippen LogP contribution in [0.5, 0.6) is 0 Å². The van der Waals surface area contributed by atoms with E-state index in [1.807, 2.05) is 78.9 Å². The van der Waals surface area contributed by atoms with Crippen molar-refractivity contribution in [2.45, 2.75) is 6.54 Å². The van der Waals surface area contributed by atoms with Crippen LogP contribution in [0.1, 0.15) is 15.9 Å². The van der Waals surface area contributed by atoms with Gasteiger partial charge in [-0.25, -0.2) is 9.67 Å². The lowest BCUT2D eigenvalue weighted by molar-refractivity contribution is 0.102. The maximum absolute atomic E-state index is 12.5. The van der Waals surface area contributed by atoms with Crippen molar-refractivity contribution in [2.24, 2.45) is 0 Å².